The monoisotopic (exact) mass is 245 g/mol. The van der Waals surface area contributed by atoms with Crippen LogP contribution in [0.2, 0.25) is 0 Å². The zero-order valence-electron chi connectivity index (χ0n) is 9.06. The minimum absolute atomic E-state index is 0.0711. The molecule has 16 heavy (non-hydrogen) atoms. The highest BCUT2D eigenvalue weighted by Crippen LogP contribution is 2.34. The van der Waals surface area contributed by atoms with Gasteiger partial charge in [-0.1, -0.05) is 0 Å². The SMILES string of the molecule is COc1c(N)nsc1NCC1COCCO1. The largest absolute Gasteiger partial charge is 0.490 e. The smallest absolute Gasteiger partial charge is 0.197 e. The molecule has 0 bridgehead atoms. The third-order valence-corrected chi connectivity index (χ3v) is 3.05. The van der Waals surface area contributed by atoms with Gasteiger partial charge in [0.1, 0.15) is 0 Å². The molecule has 6 nitrogen and oxygen atoms in total. The zero-order chi connectivity index (χ0) is 11.4. The molecular weight excluding hydrogens is 230 g/mol. The van der Waals surface area contributed by atoms with Crippen molar-refractivity contribution in [2.24, 2.45) is 0 Å². The van der Waals surface area contributed by atoms with Crippen molar-refractivity contribution in [1.29, 1.82) is 0 Å². The van der Waals surface area contributed by atoms with Gasteiger partial charge < -0.3 is 25.3 Å². The minimum Gasteiger partial charge on any atom is -0.490 e. The van der Waals surface area contributed by atoms with E-state index >= 15 is 0 Å². The van der Waals surface area contributed by atoms with E-state index in [-0.39, 0.29) is 6.10 Å². The summed E-state index contributed by atoms with van der Waals surface area (Å²) in [5.41, 5.74) is 5.64. The highest BCUT2D eigenvalue weighted by molar-refractivity contribution is 7.11. The van der Waals surface area contributed by atoms with Crippen LogP contribution < -0.4 is 15.8 Å². The lowest BCUT2D eigenvalue weighted by Crippen LogP contribution is -2.34. The molecule has 1 fully saturated rings. The van der Waals surface area contributed by atoms with Gasteiger partial charge >= 0.3 is 0 Å². The number of nitrogens with zero attached hydrogens (tertiary/aromatic N) is 1. The number of hydrogen-bond acceptors (Lipinski definition) is 7. The number of nitrogens with two attached hydrogens (primary N) is 1. The van der Waals surface area contributed by atoms with Crippen LogP contribution >= 0.6 is 11.5 Å². The number of aromatic nitrogens is 1. The van der Waals surface area contributed by atoms with Gasteiger partial charge in [-0.05, 0) is 11.5 Å². The van der Waals surface area contributed by atoms with Crippen LogP contribution in [0.5, 0.6) is 5.75 Å². The lowest BCUT2D eigenvalue weighted by molar-refractivity contribution is -0.0818. The second kappa shape index (κ2) is 5.33. The summed E-state index contributed by atoms with van der Waals surface area (Å²) in [5, 5.41) is 4.03. The Balaban J connectivity index is 1.88. The quantitative estimate of drug-likeness (QED) is 0.807. The number of nitrogens with one attached hydrogen (secondary N) is 1. The van der Waals surface area contributed by atoms with Crippen molar-refractivity contribution in [2.45, 2.75) is 6.10 Å². The summed E-state index contributed by atoms with van der Waals surface area (Å²) in [6, 6.07) is 0. The van der Waals surface area contributed by atoms with Gasteiger partial charge in [-0.15, -0.1) is 0 Å². The molecule has 90 valence electrons. The van der Waals surface area contributed by atoms with Gasteiger partial charge in [0.05, 0.1) is 33.0 Å². The van der Waals surface area contributed by atoms with Gasteiger partial charge in [0.25, 0.3) is 0 Å². The van der Waals surface area contributed by atoms with E-state index in [4.69, 9.17) is 19.9 Å². The first-order valence-electron chi connectivity index (χ1n) is 5.03. The Hall–Kier alpha value is -1.05. The van der Waals surface area contributed by atoms with E-state index in [1.807, 2.05) is 0 Å². The van der Waals surface area contributed by atoms with Crippen molar-refractivity contribution in [2.75, 3.05) is 44.5 Å². The third kappa shape index (κ3) is 2.55. The van der Waals surface area contributed by atoms with Crippen LogP contribution in [-0.4, -0.2) is 44.0 Å². The average Bonchev–Trinajstić information content (AvgIpc) is 2.68. The van der Waals surface area contributed by atoms with Gasteiger partial charge in [0.2, 0.25) is 0 Å². The Kier molecular flexibility index (Phi) is 3.81. The maximum absolute atomic E-state index is 5.64. The maximum atomic E-state index is 5.64. The standard InChI is InChI=1S/C9H15N3O3S/c1-13-7-8(10)12-16-9(7)11-4-6-5-14-2-3-15-6/h6,11H,2-5H2,1H3,(H2,10,12). The molecule has 1 aromatic rings. The third-order valence-electron chi connectivity index (χ3n) is 2.25. The zero-order valence-corrected chi connectivity index (χ0v) is 9.88. The summed E-state index contributed by atoms with van der Waals surface area (Å²) in [7, 11) is 1.57. The van der Waals surface area contributed by atoms with Gasteiger partial charge in [0, 0.05) is 6.54 Å². The molecule has 1 aliphatic heterocycles. The van der Waals surface area contributed by atoms with E-state index in [1.54, 1.807) is 7.11 Å². The lowest BCUT2D eigenvalue weighted by Gasteiger charge is -2.23. The highest BCUT2D eigenvalue weighted by Gasteiger charge is 2.17. The topological polar surface area (TPSA) is 78.6 Å². The van der Waals surface area contributed by atoms with Gasteiger partial charge in [-0.2, -0.15) is 4.37 Å². The predicted octanol–water partition coefficient (Wildman–Crippen LogP) is 0.561. The fourth-order valence-electron chi connectivity index (χ4n) is 1.46. The molecule has 1 saturated heterocycles. The fraction of sp³-hybridized carbons (Fsp3) is 0.667. The first-order valence-corrected chi connectivity index (χ1v) is 5.81. The average molecular weight is 245 g/mol. The number of nitrogen functional groups attached to an aromatic ring is 1. The Labute approximate surface area is 97.8 Å². The lowest BCUT2D eigenvalue weighted by atomic mass is 10.3. The molecule has 0 aromatic carbocycles. The van der Waals surface area contributed by atoms with E-state index in [0.717, 1.165) is 5.00 Å². The molecule has 1 atom stereocenters. The Morgan fingerprint density at radius 1 is 1.62 bits per heavy atom. The van der Waals surface area contributed by atoms with Crippen molar-refractivity contribution in [3.8, 4) is 5.75 Å². The van der Waals surface area contributed by atoms with Gasteiger partial charge in [0.15, 0.2) is 16.6 Å². The van der Waals surface area contributed by atoms with Crippen molar-refractivity contribution in [3.63, 3.8) is 0 Å². The minimum atomic E-state index is 0.0711. The van der Waals surface area contributed by atoms with Crippen LogP contribution in [0.15, 0.2) is 0 Å². The summed E-state index contributed by atoms with van der Waals surface area (Å²) in [6.45, 7) is 2.60. The maximum Gasteiger partial charge on any atom is 0.197 e. The van der Waals surface area contributed by atoms with Crippen LogP contribution in [0.4, 0.5) is 10.8 Å². The summed E-state index contributed by atoms with van der Waals surface area (Å²) < 4.78 is 20.0. The molecule has 0 saturated carbocycles. The highest BCUT2D eigenvalue weighted by atomic mass is 32.1. The Morgan fingerprint density at radius 2 is 2.50 bits per heavy atom. The predicted molar refractivity (Wildman–Crippen MR) is 62.1 cm³/mol. The van der Waals surface area contributed by atoms with Gasteiger partial charge in [-0.3, -0.25) is 0 Å². The van der Waals surface area contributed by atoms with Crippen LogP contribution in [0.1, 0.15) is 0 Å². The first kappa shape index (κ1) is 11.4. The second-order valence-electron chi connectivity index (χ2n) is 3.38. The number of rotatable bonds is 4. The van der Waals surface area contributed by atoms with Gasteiger partial charge in [-0.25, -0.2) is 0 Å². The van der Waals surface area contributed by atoms with Crippen molar-refractivity contribution in [3.05, 3.63) is 0 Å². The molecule has 1 unspecified atom stereocenters. The van der Waals surface area contributed by atoms with Crippen molar-refractivity contribution < 1.29 is 14.2 Å². The molecule has 0 aliphatic carbocycles. The van der Waals surface area contributed by atoms with E-state index in [0.29, 0.717) is 37.9 Å². The molecule has 7 heteroatoms. The van der Waals surface area contributed by atoms with E-state index in [9.17, 15) is 0 Å². The molecule has 1 aromatic heterocycles. The molecule has 0 radical (unpaired) electrons. The molecule has 2 rings (SSSR count). The van der Waals surface area contributed by atoms with Crippen molar-refractivity contribution >= 4 is 22.4 Å². The van der Waals surface area contributed by atoms with Crippen LogP contribution in [0, 0.1) is 0 Å². The molecule has 0 amide bonds. The summed E-state index contributed by atoms with van der Waals surface area (Å²) in [5.74, 6) is 1.01. The van der Waals surface area contributed by atoms with E-state index in [2.05, 4.69) is 9.69 Å². The van der Waals surface area contributed by atoms with Crippen LogP contribution in [0.25, 0.3) is 0 Å². The molecule has 1 aliphatic rings. The number of anilines is 2. The summed E-state index contributed by atoms with van der Waals surface area (Å²) in [6.07, 6.45) is 0.0711. The van der Waals surface area contributed by atoms with E-state index in [1.165, 1.54) is 11.5 Å². The molecule has 0 spiro atoms. The van der Waals surface area contributed by atoms with Crippen LogP contribution in [-0.2, 0) is 9.47 Å². The molecule has 3 N–H and O–H groups in total. The Bertz CT molecular complexity index is 339. The second-order valence-corrected chi connectivity index (χ2v) is 4.15. The molecular formula is C9H15N3O3S. The first-order chi connectivity index (χ1) is 7.81. The number of methoxy groups -OCH3 is 1. The van der Waals surface area contributed by atoms with Crippen molar-refractivity contribution in [1.82, 2.24) is 4.37 Å². The Morgan fingerprint density at radius 3 is 3.19 bits per heavy atom. The molecule has 2 heterocycles. The van der Waals surface area contributed by atoms with E-state index < -0.39 is 0 Å². The normalized spacial score (nSPS) is 20.7. The van der Waals surface area contributed by atoms with Crippen LogP contribution in [0.3, 0.4) is 0 Å². The number of ether oxygens (including phenoxy) is 3. The summed E-state index contributed by atoms with van der Waals surface area (Å²) >= 11 is 1.28. The summed E-state index contributed by atoms with van der Waals surface area (Å²) in [4.78, 5) is 0. The fourth-order valence-corrected chi connectivity index (χ4v) is 2.16. The number of hydrogen-bond donors (Lipinski definition) is 2.